The Labute approximate surface area is 124 Å². The van der Waals surface area contributed by atoms with Crippen molar-refractivity contribution >= 4 is 15.9 Å². The molecule has 0 aliphatic heterocycles. The Kier molecular flexibility index (Phi) is 3.52. The van der Waals surface area contributed by atoms with Crippen LogP contribution in [0.2, 0.25) is 0 Å². The molecule has 0 bridgehead atoms. The van der Waals surface area contributed by atoms with Gasteiger partial charge in [0.2, 0.25) is 5.82 Å². The fourth-order valence-electron chi connectivity index (χ4n) is 1.88. The van der Waals surface area contributed by atoms with E-state index in [9.17, 15) is 0 Å². The lowest BCUT2D eigenvalue weighted by atomic mass is 10.2. The SMILES string of the molecule is COc1ccc(Br)cc1-c1nc(-c2ccccc2)no1. The van der Waals surface area contributed by atoms with E-state index in [0.717, 1.165) is 15.6 Å². The molecule has 0 saturated carbocycles. The predicted octanol–water partition coefficient (Wildman–Crippen LogP) is 4.17. The van der Waals surface area contributed by atoms with Gasteiger partial charge < -0.3 is 9.26 Å². The van der Waals surface area contributed by atoms with E-state index in [1.54, 1.807) is 7.11 Å². The number of ether oxygens (including phenoxy) is 1. The lowest BCUT2D eigenvalue weighted by molar-refractivity contribution is 0.405. The molecule has 0 atom stereocenters. The monoisotopic (exact) mass is 330 g/mol. The standard InChI is InChI=1S/C15H11BrN2O2/c1-19-13-8-7-11(16)9-12(13)15-17-14(18-20-15)10-5-3-2-4-6-10/h2-9H,1H3. The van der Waals surface area contributed by atoms with Crippen molar-refractivity contribution in [3.05, 3.63) is 53.0 Å². The zero-order valence-electron chi connectivity index (χ0n) is 10.7. The summed E-state index contributed by atoms with van der Waals surface area (Å²) in [5, 5.41) is 4.01. The Morgan fingerprint density at radius 1 is 1.10 bits per heavy atom. The molecule has 0 fully saturated rings. The molecule has 0 saturated heterocycles. The van der Waals surface area contributed by atoms with Crippen molar-refractivity contribution in [3.63, 3.8) is 0 Å². The molecule has 3 rings (SSSR count). The highest BCUT2D eigenvalue weighted by Crippen LogP contribution is 2.32. The van der Waals surface area contributed by atoms with Crippen LogP contribution < -0.4 is 4.74 Å². The van der Waals surface area contributed by atoms with Crippen molar-refractivity contribution in [3.8, 4) is 28.6 Å². The molecule has 0 N–H and O–H groups in total. The van der Waals surface area contributed by atoms with Crippen LogP contribution in [0, 0.1) is 0 Å². The first-order valence-electron chi connectivity index (χ1n) is 6.01. The van der Waals surface area contributed by atoms with Crippen LogP contribution in [-0.2, 0) is 0 Å². The van der Waals surface area contributed by atoms with Crippen LogP contribution >= 0.6 is 15.9 Å². The molecule has 0 aliphatic rings. The minimum atomic E-state index is 0.432. The fourth-order valence-corrected chi connectivity index (χ4v) is 2.25. The van der Waals surface area contributed by atoms with Crippen molar-refractivity contribution in [2.75, 3.05) is 7.11 Å². The second-order valence-electron chi connectivity index (χ2n) is 4.13. The maximum atomic E-state index is 5.34. The Morgan fingerprint density at radius 2 is 1.90 bits per heavy atom. The summed E-state index contributed by atoms with van der Waals surface area (Å²) in [6, 6.07) is 15.3. The highest BCUT2D eigenvalue weighted by atomic mass is 79.9. The number of methoxy groups -OCH3 is 1. The van der Waals surface area contributed by atoms with E-state index < -0.39 is 0 Å². The van der Waals surface area contributed by atoms with Gasteiger partial charge in [0.25, 0.3) is 5.89 Å². The number of aromatic nitrogens is 2. The maximum Gasteiger partial charge on any atom is 0.262 e. The van der Waals surface area contributed by atoms with E-state index in [-0.39, 0.29) is 0 Å². The summed E-state index contributed by atoms with van der Waals surface area (Å²) >= 11 is 3.43. The van der Waals surface area contributed by atoms with Crippen molar-refractivity contribution in [1.82, 2.24) is 10.1 Å². The van der Waals surface area contributed by atoms with Crippen LogP contribution in [0.4, 0.5) is 0 Å². The first-order chi connectivity index (χ1) is 9.78. The van der Waals surface area contributed by atoms with Crippen molar-refractivity contribution < 1.29 is 9.26 Å². The summed E-state index contributed by atoms with van der Waals surface area (Å²) < 4.78 is 11.6. The van der Waals surface area contributed by atoms with Gasteiger partial charge in [-0.2, -0.15) is 4.98 Å². The summed E-state index contributed by atoms with van der Waals surface area (Å²) in [6.07, 6.45) is 0. The van der Waals surface area contributed by atoms with Crippen LogP contribution in [-0.4, -0.2) is 17.3 Å². The second-order valence-corrected chi connectivity index (χ2v) is 5.05. The first-order valence-corrected chi connectivity index (χ1v) is 6.80. The zero-order chi connectivity index (χ0) is 13.9. The average Bonchev–Trinajstić information content (AvgIpc) is 2.98. The molecular weight excluding hydrogens is 320 g/mol. The minimum absolute atomic E-state index is 0.432. The van der Waals surface area contributed by atoms with Gasteiger partial charge in [-0.15, -0.1) is 0 Å². The molecule has 0 radical (unpaired) electrons. The van der Waals surface area contributed by atoms with Crippen LogP contribution in [0.1, 0.15) is 0 Å². The van der Waals surface area contributed by atoms with Crippen molar-refractivity contribution in [1.29, 1.82) is 0 Å². The third kappa shape index (κ3) is 2.44. The number of nitrogens with zero attached hydrogens (tertiary/aromatic N) is 2. The minimum Gasteiger partial charge on any atom is -0.496 e. The molecule has 0 unspecified atom stereocenters. The Hall–Kier alpha value is -2.14. The lowest BCUT2D eigenvalue weighted by Crippen LogP contribution is -1.88. The summed E-state index contributed by atoms with van der Waals surface area (Å²) in [5.41, 5.74) is 1.67. The summed E-state index contributed by atoms with van der Waals surface area (Å²) in [7, 11) is 1.61. The van der Waals surface area contributed by atoms with E-state index in [1.807, 2.05) is 48.5 Å². The van der Waals surface area contributed by atoms with Crippen molar-refractivity contribution in [2.24, 2.45) is 0 Å². The second kappa shape index (κ2) is 5.46. The Balaban J connectivity index is 2.04. The first kappa shape index (κ1) is 12.9. The molecule has 5 heteroatoms. The molecule has 100 valence electrons. The molecule has 2 aromatic carbocycles. The van der Waals surface area contributed by atoms with Gasteiger partial charge >= 0.3 is 0 Å². The van der Waals surface area contributed by atoms with Gasteiger partial charge in [0, 0.05) is 10.0 Å². The highest BCUT2D eigenvalue weighted by Gasteiger charge is 2.15. The van der Waals surface area contributed by atoms with E-state index in [4.69, 9.17) is 9.26 Å². The lowest BCUT2D eigenvalue weighted by Gasteiger charge is -2.04. The summed E-state index contributed by atoms with van der Waals surface area (Å²) in [6.45, 7) is 0. The van der Waals surface area contributed by atoms with Crippen molar-refractivity contribution in [2.45, 2.75) is 0 Å². The normalized spacial score (nSPS) is 10.5. The Morgan fingerprint density at radius 3 is 2.65 bits per heavy atom. The molecule has 1 aromatic heterocycles. The van der Waals surface area contributed by atoms with E-state index in [1.165, 1.54) is 0 Å². The van der Waals surface area contributed by atoms with Crippen LogP contribution in [0.15, 0.2) is 57.5 Å². The molecule has 4 nitrogen and oxygen atoms in total. The largest absolute Gasteiger partial charge is 0.496 e. The quantitative estimate of drug-likeness (QED) is 0.723. The third-order valence-corrected chi connectivity index (χ3v) is 3.34. The van der Waals surface area contributed by atoms with Gasteiger partial charge in [-0.25, -0.2) is 0 Å². The number of halogens is 1. The molecular formula is C15H11BrN2O2. The molecule has 0 aliphatic carbocycles. The number of rotatable bonds is 3. The molecule has 0 amide bonds. The van der Waals surface area contributed by atoms with Gasteiger partial charge in [-0.3, -0.25) is 0 Å². The van der Waals surface area contributed by atoms with Gasteiger partial charge in [0.1, 0.15) is 5.75 Å². The van der Waals surface area contributed by atoms with E-state index in [0.29, 0.717) is 17.5 Å². The summed E-state index contributed by atoms with van der Waals surface area (Å²) in [4.78, 5) is 4.42. The van der Waals surface area contributed by atoms with Gasteiger partial charge in [0.05, 0.1) is 12.7 Å². The van der Waals surface area contributed by atoms with Crippen LogP contribution in [0.5, 0.6) is 5.75 Å². The molecule has 1 heterocycles. The highest BCUT2D eigenvalue weighted by molar-refractivity contribution is 9.10. The van der Waals surface area contributed by atoms with E-state index in [2.05, 4.69) is 26.1 Å². The molecule has 0 spiro atoms. The number of benzene rings is 2. The van der Waals surface area contributed by atoms with Crippen LogP contribution in [0.25, 0.3) is 22.8 Å². The smallest absolute Gasteiger partial charge is 0.262 e. The van der Waals surface area contributed by atoms with Gasteiger partial charge in [-0.05, 0) is 18.2 Å². The predicted molar refractivity (Wildman–Crippen MR) is 79.4 cm³/mol. The maximum absolute atomic E-state index is 5.34. The van der Waals surface area contributed by atoms with Crippen LogP contribution in [0.3, 0.4) is 0 Å². The topological polar surface area (TPSA) is 48.2 Å². The molecule has 3 aromatic rings. The fraction of sp³-hybridized carbons (Fsp3) is 0.0667. The van der Waals surface area contributed by atoms with E-state index >= 15 is 0 Å². The van der Waals surface area contributed by atoms with Gasteiger partial charge in [0.15, 0.2) is 0 Å². The third-order valence-electron chi connectivity index (χ3n) is 2.85. The number of hydrogen-bond acceptors (Lipinski definition) is 4. The summed E-state index contributed by atoms with van der Waals surface area (Å²) in [5.74, 6) is 1.68. The average molecular weight is 331 g/mol. The zero-order valence-corrected chi connectivity index (χ0v) is 12.3. The van der Waals surface area contributed by atoms with Gasteiger partial charge in [-0.1, -0.05) is 51.4 Å². The Bertz CT molecular complexity index is 726. The molecule has 20 heavy (non-hydrogen) atoms. The number of hydrogen-bond donors (Lipinski definition) is 0.